The molecule has 0 aliphatic heterocycles. The molecule has 0 saturated heterocycles. The van der Waals surface area contributed by atoms with Gasteiger partial charge in [-0.05, 0) is 51.0 Å². The molecule has 1 amide bonds. The lowest BCUT2D eigenvalue weighted by Crippen LogP contribution is -2.35. The lowest BCUT2D eigenvalue weighted by atomic mass is 9.97. The number of nitrogens with one attached hydrogen (secondary N) is 1. The molecule has 6 heteroatoms. The summed E-state index contributed by atoms with van der Waals surface area (Å²) in [7, 11) is 0. The molecule has 0 radical (unpaired) electrons. The van der Waals surface area contributed by atoms with E-state index < -0.39 is 0 Å². The Kier molecular flexibility index (Phi) is 5.76. The van der Waals surface area contributed by atoms with Gasteiger partial charge in [-0.15, -0.1) is 11.3 Å². The quantitative estimate of drug-likeness (QED) is 0.615. The Hall–Kier alpha value is -1.14. The molecule has 1 N–H and O–H groups in total. The summed E-state index contributed by atoms with van der Waals surface area (Å²) < 4.78 is 0. The van der Waals surface area contributed by atoms with Gasteiger partial charge in [0.15, 0.2) is 0 Å². The third-order valence-corrected chi connectivity index (χ3v) is 6.75. The molecule has 1 aliphatic rings. The highest BCUT2D eigenvalue weighted by Gasteiger charge is 2.21. The van der Waals surface area contributed by atoms with E-state index in [0.29, 0.717) is 5.75 Å². The Bertz CT molecular complexity index is 737. The third-order valence-electron chi connectivity index (χ3n) is 4.58. The second-order valence-corrected chi connectivity index (χ2v) is 8.38. The van der Waals surface area contributed by atoms with Crippen LogP contribution in [0.15, 0.2) is 5.03 Å². The van der Waals surface area contributed by atoms with Crippen molar-refractivity contribution >= 4 is 39.2 Å². The van der Waals surface area contributed by atoms with Crippen molar-refractivity contribution in [2.24, 2.45) is 0 Å². The van der Waals surface area contributed by atoms with Crippen LogP contribution in [0.25, 0.3) is 10.2 Å². The molecule has 0 bridgehead atoms. The first-order valence-corrected chi connectivity index (χ1v) is 10.6. The smallest absolute Gasteiger partial charge is 0.230 e. The maximum Gasteiger partial charge on any atom is 0.230 e. The molecule has 2 aromatic rings. The highest BCUT2D eigenvalue weighted by atomic mass is 32.2. The summed E-state index contributed by atoms with van der Waals surface area (Å²) in [5, 5.41) is 5.30. The molecule has 2 heterocycles. The molecule has 0 saturated carbocycles. The van der Waals surface area contributed by atoms with Crippen molar-refractivity contribution in [1.29, 1.82) is 0 Å². The Labute approximate surface area is 151 Å². The minimum atomic E-state index is 0.0993. The lowest BCUT2D eigenvalue weighted by Gasteiger charge is -2.15. The van der Waals surface area contributed by atoms with E-state index in [-0.39, 0.29) is 11.9 Å². The molecule has 0 aromatic carbocycles. The van der Waals surface area contributed by atoms with E-state index in [1.807, 2.05) is 18.3 Å². The molecular weight excluding hydrogens is 338 g/mol. The van der Waals surface area contributed by atoms with E-state index in [1.54, 1.807) is 11.8 Å². The summed E-state index contributed by atoms with van der Waals surface area (Å²) in [5.74, 6) is 1.32. The summed E-state index contributed by atoms with van der Waals surface area (Å²) in [6.45, 7) is 6.15. The number of nitrogens with zero attached hydrogens (tertiary/aromatic N) is 2. The van der Waals surface area contributed by atoms with Crippen LogP contribution in [0, 0.1) is 6.92 Å². The van der Waals surface area contributed by atoms with Crippen molar-refractivity contribution < 1.29 is 4.79 Å². The number of carbonyl (C=O) groups excluding carboxylic acids is 1. The predicted molar refractivity (Wildman–Crippen MR) is 102 cm³/mol. The number of carbonyl (C=O) groups is 1. The molecule has 0 atom stereocenters. The molecule has 2 aromatic heterocycles. The Balaban J connectivity index is 1.81. The summed E-state index contributed by atoms with van der Waals surface area (Å²) in [4.78, 5) is 24.1. The number of aryl methyl sites for hydroxylation is 3. The Morgan fingerprint density at radius 3 is 2.75 bits per heavy atom. The van der Waals surface area contributed by atoms with Crippen LogP contribution in [-0.4, -0.2) is 27.7 Å². The van der Waals surface area contributed by atoms with Crippen LogP contribution in [0.4, 0.5) is 0 Å². The van der Waals surface area contributed by atoms with Crippen molar-refractivity contribution in [1.82, 2.24) is 15.3 Å². The van der Waals surface area contributed by atoms with Crippen LogP contribution < -0.4 is 5.32 Å². The molecule has 0 fully saturated rings. The van der Waals surface area contributed by atoms with Crippen molar-refractivity contribution in [3.63, 3.8) is 0 Å². The van der Waals surface area contributed by atoms with Crippen molar-refractivity contribution in [2.75, 3.05) is 5.75 Å². The zero-order chi connectivity index (χ0) is 17.1. The van der Waals surface area contributed by atoms with Crippen molar-refractivity contribution in [3.8, 4) is 0 Å². The highest BCUT2D eigenvalue weighted by molar-refractivity contribution is 8.00. The average Bonchev–Trinajstić information content (AvgIpc) is 2.95. The van der Waals surface area contributed by atoms with E-state index in [9.17, 15) is 4.79 Å². The van der Waals surface area contributed by atoms with E-state index in [4.69, 9.17) is 0 Å². The minimum absolute atomic E-state index is 0.0993. The average molecular weight is 364 g/mol. The van der Waals surface area contributed by atoms with Gasteiger partial charge in [-0.25, -0.2) is 9.97 Å². The van der Waals surface area contributed by atoms with E-state index in [0.717, 1.165) is 41.4 Å². The molecule has 130 valence electrons. The summed E-state index contributed by atoms with van der Waals surface area (Å²) in [6, 6.07) is 0.277. The first kappa shape index (κ1) is 17.7. The summed E-state index contributed by atoms with van der Waals surface area (Å²) >= 11 is 3.37. The number of hydrogen-bond donors (Lipinski definition) is 1. The number of thioether (sulfide) groups is 1. The lowest BCUT2D eigenvalue weighted by molar-refractivity contribution is -0.119. The minimum Gasteiger partial charge on any atom is -0.353 e. The van der Waals surface area contributed by atoms with Gasteiger partial charge in [-0.1, -0.05) is 25.6 Å². The first-order chi connectivity index (χ1) is 11.6. The fourth-order valence-electron chi connectivity index (χ4n) is 3.23. The zero-order valence-electron chi connectivity index (χ0n) is 14.6. The normalized spacial score (nSPS) is 14.2. The van der Waals surface area contributed by atoms with Crippen LogP contribution in [-0.2, 0) is 17.6 Å². The monoisotopic (exact) mass is 363 g/mol. The van der Waals surface area contributed by atoms with Gasteiger partial charge in [0.05, 0.1) is 5.75 Å². The molecule has 24 heavy (non-hydrogen) atoms. The Morgan fingerprint density at radius 2 is 2.00 bits per heavy atom. The predicted octanol–water partition coefficient (Wildman–Crippen LogP) is 4.28. The highest BCUT2D eigenvalue weighted by Crippen LogP contribution is 2.39. The molecule has 1 aliphatic carbocycles. The van der Waals surface area contributed by atoms with E-state index in [1.165, 1.54) is 28.7 Å². The van der Waals surface area contributed by atoms with Gasteiger partial charge < -0.3 is 5.32 Å². The molecule has 0 unspecified atom stereocenters. The van der Waals surface area contributed by atoms with Gasteiger partial charge >= 0.3 is 0 Å². The van der Waals surface area contributed by atoms with Crippen LogP contribution in [0.1, 0.15) is 55.8 Å². The zero-order valence-corrected chi connectivity index (χ0v) is 16.3. The van der Waals surface area contributed by atoms with Crippen LogP contribution in [0.3, 0.4) is 0 Å². The van der Waals surface area contributed by atoms with Crippen LogP contribution in [0.2, 0.25) is 0 Å². The Morgan fingerprint density at radius 1 is 1.25 bits per heavy atom. The number of aromatic nitrogens is 2. The molecule has 4 nitrogen and oxygen atoms in total. The number of fused-ring (bicyclic) bond motifs is 3. The fraction of sp³-hybridized carbons (Fsp3) is 0.611. The second-order valence-electron chi connectivity index (χ2n) is 6.34. The topological polar surface area (TPSA) is 54.9 Å². The second kappa shape index (κ2) is 7.83. The number of rotatable bonds is 6. The van der Waals surface area contributed by atoms with Crippen LogP contribution in [0.5, 0.6) is 0 Å². The number of amides is 1. The van der Waals surface area contributed by atoms with Gasteiger partial charge in [-0.3, -0.25) is 4.79 Å². The first-order valence-electron chi connectivity index (χ1n) is 8.83. The van der Waals surface area contributed by atoms with Gasteiger partial charge in [-0.2, -0.15) is 0 Å². The van der Waals surface area contributed by atoms with Crippen molar-refractivity contribution in [2.45, 2.75) is 70.4 Å². The molecule has 3 rings (SSSR count). The maximum absolute atomic E-state index is 12.2. The van der Waals surface area contributed by atoms with E-state index in [2.05, 4.69) is 29.1 Å². The SMILES string of the molecule is CCC(CC)NC(=O)CSc1nc(C)nc2sc3c(c12)CCCC3. The fourth-order valence-corrected chi connectivity index (χ4v) is 5.51. The van der Waals surface area contributed by atoms with Crippen LogP contribution >= 0.6 is 23.1 Å². The van der Waals surface area contributed by atoms with Gasteiger partial charge in [0.25, 0.3) is 0 Å². The summed E-state index contributed by atoms with van der Waals surface area (Å²) in [5.41, 5.74) is 1.43. The summed E-state index contributed by atoms with van der Waals surface area (Å²) in [6.07, 6.45) is 6.74. The van der Waals surface area contributed by atoms with E-state index >= 15 is 0 Å². The third kappa shape index (κ3) is 3.75. The van der Waals surface area contributed by atoms with Crippen molar-refractivity contribution in [3.05, 3.63) is 16.3 Å². The molecular formula is C18H25N3OS2. The number of thiophene rings is 1. The van der Waals surface area contributed by atoms with Gasteiger partial charge in [0.2, 0.25) is 5.91 Å². The largest absolute Gasteiger partial charge is 0.353 e. The maximum atomic E-state index is 12.2. The standard InChI is InChI=1S/C18H25N3OS2/c1-4-12(5-2)21-15(22)10-23-17-16-13-8-6-7-9-14(13)24-18(16)20-11(3)19-17/h12H,4-10H2,1-3H3,(H,21,22). The van der Waals surface area contributed by atoms with Gasteiger partial charge in [0, 0.05) is 16.3 Å². The van der Waals surface area contributed by atoms with Gasteiger partial charge in [0.1, 0.15) is 15.7 Å². The molecule has 0 spiro atoms. The number of hydrogen-bond acceptors (Lipinski definition) is 5.